The van der Waals surface area contributed by atoms with Crippen molar-refractivity contribution < 1.29 is 22.8 Å². The largest absolute Gasteiger partial charge is 0.368 e. The van der Waals surface area contributed by atoms with Gasteiger partial charge in [0.15, 0.2) is 5.81 Å². The number of carbonyl (C=O) groups is 3. The highest BCUT2D eigenvalue weighted by atomic mass is 32.2. The van der Waals surface area contributed by atoms with Gasteiger partial charge in [0.25, 0.3) is 0 Å². The molecule has 0 aromatic carbocycles. The molecule has 28 heavy (non-hydrogen) atoms. The summed E-state index contributed by atoms with van der Waals surface area (Å²) in [6.45, 7) is 0.614. The molecule has 11 heteroatoms. The van der Waals surface area contributed by atoms with E-state index in [1.807, 2.05) is 0 Å². The first kappa shape index (κ1) is 23.1. The Labute approximate surface area is 172 Å². The van der Waals surface area contributed by atoms with E-state index in [0.717, 1.165) is 31.4 Å². The maximum atomic E-state index is 12.2. The van der Waals surface area contributed by atoms with E-state index in [1.54, 1.807) is 16.7 Å². The summed E-state index contributed by atoms with van der Waals surface area (Å²) in [5, 5.41) is -0.388. The van der Waals surface area contributed by atoms with Crippen molar-refractivity contribution in [1.29, 1.82) is 0 Å². The number of primary amides is 1. The second-order valence-corrected chi connectivity index (χ2v) is 10.5. The fourth-order valence-electron chi connectivity index (χ4n) is 3.17. The lowest BCUT2D eigenvalue weighted by molar-refractivity contribution is -0.136. The van der Waals surface area contributed by atoms with E-state index in [4.69, 9.17) is 5.73 Å². The molecule has 157 valence electrons. The number of thioether (sulfide) groups is 1. The van der Waals surface area contributed by atoms with Crippen LogP contribution in [0, 0.1) is 0 Å². The third-order valence-corrected chi connectivity index (χ3v) is 7.80. The second-order valence-electron chi connectivity index (χ2n) is 7.27. The van der Waals surface area contributed by atoms with Crippen LogP contribution in [0.1, 0.15) is 51.4 Å². The summed E-state index contributed by atoms with van der Waals surface area (Å²) in [5.74, 6) is 0.684. The molecule has 3 N–H and O–H groups in total. The molecule has 2 aliphatic rings. The van der Waals surface area contributed by atoms with Crippen LogP contribution in [-0.4, -0.2) is 67.6 Å². The van der Waals surface area contributed by atoms with Crippen molar-refractivity contribution in [3.05, 3.63) is 0 Å². The van der Waals surface area contributed by atoms with Crippen LogP contribution in [0.5, 0.6) is 0 Å². The predicted molar refractivity (Wildman–Crippen MR) is 111 cm³/mol. The molecule has 1 saturated carbocycles. The third kappa shape index (κ3) is 7.65. The van der Waals surface area contributed by atoms with E-state index < -0.39 is 27.8 Å². The Kier molecular flexibility index (Phi) is 9.13. The fourth-order valence-corrected chi connectivity index (χ4v) is 5.39. The fraction of sp³-hybridized carbons (Fsp3) is 0.824. The van der Waals surface area contributed by atoms with Crippen molar-refractivity contribution in [2.75, 3.05) is 18.1 Å². The molecule has 3 amide bonds. The van der Waals surface area contributed by atoms with E-state index in [1.165, 1.54) is 7.28 Å². The van der Waals surface area contributed by atoms with E-state index in [-0.39, 0.29) is 11.2 Å². The average Bonchev–Trinajstić information content (AvgIpc) is 3.37. The summed E-state index contributed by atoms with van der Waals surface area (Å²) in [7, 11) is -2.06. The molecular formula is C17H29BN3O5S2. The number of nitrogens with two attached hydrogens (primary N) is 1. The highest BCUT2D eigenvalue weighted by Gasteiger charge is 2.36. The zero-order valence-electron chi connectivity index (χ0n) is 16.1. The van der Waals surface area contributed by atoms with Crippen molar-refractivity contribution in [2.45, 2.75) is 69.0 Å². The predicted octanol–water partition coefficient (Wildman–Crippen LogP) is 1.08. The number of nitrogens with zero attached hydrogens (tertiary/aromatic N) is 1. The lowest BCUT2D eigenvalue weighted by atomic mass is 9.72. The molecule has 1 radical (unpaired) electrons. The first-order valence-corrected chi connectivity index (χ1v) is 12.6. The van der Waals surface area contributed by atoms with Crippen LogP contribution in [0.2, 0.25) is 6.32 Å². The number of carbonyl (C=O) groups excluding carboxylic acids is 3. The molecular weight excluding hydrogens is 401 g/mol. The molecule has 2 rings (SSSR count). The third-order valence-electron chi connectivity index (χ3n) is 4.89. The molecule has 1 saturated heterocycles. The molecule has 1 heterocycles. The number of hydrogen-bond acceptors (Lipinski definition) is 6. The van der Waals surface area contributed by atoms with Gasteiger partial charge >= 0.3 is 0 Å². The van der Waals surface area contributed by atoms with Gasteiger partial charge in [-0.25, -0.2) is 8.42 Å². The quantitative estimate of drug-likeness (QED) is 0.333. The maximum Gasteiger partial charge on any atom is 0.240 e. The molecule has 2 fully saturated rings. The first-order chi connectivity index (χ1) is 13.3. The van der Waals surface area contributed by atoms with Crippen molar-refractivity contribution >= 4 is 46.7 Å². The summed E-state index contributed by atoms with van der Waals surface area (Å²) < 4.78 is 25.3. The molecule has 8 nitrogen and oxygen atoms in total. The standard InChI is InChI=1S/C17H29BN3O5S2/c19-16(23)14-5-4-10-21(14)15(22)8-12-27-11-3-1-2-9-18-17(24)20-28(25,26)13-6-7-13/h13-14H,1-12H2,(H2,19,23)(H,20,24)/t14-/m0/s1. The highest BCUT2D eigenvalue weighted by Crippen LogP contribution is 2.27. The van der Waals surface area contributed by atoms with Crippen molar-refractivity contribution in [2.24, 2.45) is 5.73 Å². The minimum absolute atomic E-state index is 0.00411. The minimum atomic E-state index is -3.46. The van der Waals surface area contributed by atoms with Crippen LogP contribution in [0.15, 0.2) is 0 Å². The zero-order valence-corrected chi connectivity index (χ0v) is 17.7. The van der Waals surface area contributed by atoms with E-state index >= 15 is 0 Å². The van der Waals surface area contributed by atoms with E-state index in [9.17, 15) is 22.8 Å². The smallest absolute Gasteiger partial charge is 0.240 e. The lowest BCUT2D eigenvalue weighted by Crippen LogP contribution is -2.43. The van der Waals surface area contributed by atoms with Crippen LogP contribution in [-0.2, 0) is 19.6 Å². The number of amides is 3. The van der Waals surface area contributed by atoms with Crippen molar-refractivity contribution in [1.82, 2.24) is 9.62 Å². The average molecular weight is 430 g/mol. The van der Waals surface area contributed by atoms with Crippen LogP contribution in [0.3, 0.4) is 0 Å². The van der Waals surface area contributed by atoms with Gasteiger partial charge in [0.05, 0.1) is 5.25 Å². The molecule has 0 unspecified atom stereocenters. The maximum absolute atomic E-state index is 12.2. The Morgan fingerprint density at radius 3 is 2.54 bits per heavy atom. The Hall–Kier alpha value is -1.23. The first-order valence-electron chi connectivity index (χ1n) is 9.86. The number of sulfonamides is 1. The normalized spacial score (nSPS) is 19.4. The van der Waals surface area contributed by atoms with Crippen LogP contribution < -0.4 is 10.5 Å². The van der Waals surface area contributed by atoms with Gasteiger partial charge in [-0.15, -0.1) is 0 Å². The number of unbranched alkanes of at least 4 members (excludes halogenated alkanes) is 2. The summed E-state index contributed by atoms with van der Waals surface area (Å²) in [4.78, 5) is 36.7. The number of hydrogen-bond donors (Lipinski definition) is 2. The SMILES string of the molecule is NC(=O)[C@@H]1CCCN1C(=O)CCSCCCCC[B]C(=O)NS(=O)(=O)C1CC1. The van der Waals surface area contributed by atoms with Gasteiger partial charge in [-0.05, 0) is 37.9 Å². The van der Waals surface area contributed by atoms with Gasteiger partial charge in [0, 0.05) is 18.7 Å². The van der Waals surface area contributed by atoms with Gasteiger partial charge in [-0.2, -0.15) is 11.8 Å². The summed E-state index contributed by atoms with van der Waals surface area (Å²) in [6, 6.07) is -0.440. The Bertz CT molecular complexity index is 670. The van der Waals surface area contributed by atoms with E-state index in [2.05, 4.69) is 4.72 Å². The Balaban J connectivity index is 1.44. The van der Waals surface area contributed by atoms with Crippen LogP contribution in [0.4, 0.5) is 4.79 Å². The van der Waals surface area contributed by atoms with Gasteiger partial charge < -0.3 is 10.6 Å². The summed E-state index contributed by atoms with van der Waals surface area (Å²) >= 11 is 1.70. The highest BCUT2D eigenvalue weighted by molar-refractivity contribution is 7.99. The van der Waals surface area contributed by atoms with E-state index in [0.29, 0.717) is 44.3 Å². The molecule has 0 aromatic heterocycles. The lowest BCUT2D eigenvalue weighted by Gasteiger charge is -2.22. The molecule has 0 spiro atoms. The van der Waals surface area contributed by atoms with Gasteiger partial charge in [-0.1, -0.05) is 19.2 Å². The Morgan fingerprint density at radius 1 is 1.11 bits per heavy atom. The van der Waals surface area contributed by atoms with Crippen LogP contribution >= 0.6 is 11.8 Å². The molecule has 0 bridgehead atoms. The summed E-state index contributed by atoms with van der Waals surface area (Å²) in [5.41, 5.74) is 5.33. The zero-order chi connectivity index (χ0) is 20.6. The second kappa shape index (κ2) is 11.1. The van der Waals surface area contributed by atoms with Gasteiger partial charge in [0.1, 0.15) is 6.04 Å². The van der Waals surface area contributed by atoms with Crippen molar-refractivity contribution in [3.63, 3.8) is 0 Å². The molecule has 1 aliphatic carbocycles. The minimum Gasteiger partial charge on any atom is -0.368 e. The van der Waals surface area contributed by atoms with Crippen LogP contribution in [0.25, 0.3) is 0 Å². The monoisotopic (exact) mass is 430 g/mol. The summed E-state index contributed by atoms with van der Waals surface area (Å²) in [6.07, 6.45) is 6.47. The number of nitrogens with one attached hydrogen (secondary N) is 1. The number of rotatable bonds is 13. The molecule has 0 aromatic rings. The van der Waals surface area contributed by atoms with Gasteiger partial charge in [-0.3, -0.25) is 19.1 Å². The topological polar surface area (TPSA) is 127 Å². The van der Waals surface area contributed by atoms with Crippen molar-refractivity contribution in [3.8, 4) is 0 Å². The molecule has 1 atom stereocenters. The van der Waals surface area contributed by atoms with Gasteiger partial charge in [0.2, 0.25) is 29.1 Å². The Morgan fingerprint density at radius 2 is 1.86 bits per heavy atom. The molecule has 1 aliphatic heterocycles. The number of likely N-dealkylation sites (tertiary alicyclic amines) is 1.